The summed E-state index contributed by atoms with van der Waals surface area (Å²) in [5.41, 5.74) is 0. The van der Waals surface area contributed by atoms with Crippen LogP contribution in [0.25, 0.3) is 0 Å². The number of ether oxygens (including phenoxy) is 3. The van der Waals surface area contributed by atoms with E-state index in [4.69, 9.17) is 18.7 Å². The molecule has 0 spiro atoms. The summed E-state index contributed by atoms with van der Waals surface area (Å²) in [5.74, 6) is 0.808. The van der Waals surface area contributed by atoms with E-state index in [9.17, 15) is 0 Å². The molecule has 15 heavy (non-hydrogen) atoms. The van der Waals surface area contributed by atoms with Crippen molar-refractivity contribution in [2.45, 2.75) is 26.7 Å². The van der Waals surface area contributed by atoms with Crippen molar-refractivity contribution in [2.75, 3.05) is 20.3 Å². The predicted molar refractivity (Wildman–Crippen MR) is 51.0 cm³/mol. The van der Waals surface area contributed by atoms with Crippen LogP contribution in [0.5, 0.6) is 0 Å². The highest BCUT2D eigenvalue weighted by atomic mass is 16.7. The lowest BCUT2D eigenvalue weighted by Crippen LogP contribution is -2.09. The van der Waals surface area contributed by atoms with Crippen LogP contribution in [0.15, 0.2) is 4.52 Å². The number of hydrogen-bond donors (Lipinski definition) is 0. The van der Waals surface area contributed by atoms with Gasteiger partial charge in [-0.15, -0.1) is 0 Å². The van der Waals surface area contributed by atoms with Gasteiger partial charge in [-0.2, -0.15) is 4.98 Å². The second-order valence-electron chi connectivity index (χ2n) is 2.72. The second kappa shape index (κ2) is 6.49. The summed E-state index contributed by atoms with van der Waals surface area (Å²) in [6.07, 6.45) is -0.585. The average molecular weight is 216 g/mol. The molecule has 0 aliphatic heterocycles. The molecule has 0 unspecified atom stereocenters. The average Bonchev–Trinajstić information content (AvgIpc) is 2.67. The van der Waals surface area contributed by atoms with Crippen LogP contribution in [-0.4, -0.2) is 30.5 Å². The molecule has 0 N–H and O–H groups in total. The first kappa shape index (κ1) is 12.1. The van der Waals surface area contributed by atoms with Gasteiger partial charge < -0.3 is 18.7 Å². The molecule has 1 aromatic rings. The molecule has 0 aliphatic rings. The topological polar surface area (TPSA) is 66.6 Å². The van der Waals surface area contributed by atoms with Gasteiger partial charge in [-0.3, -0.25) is 0 Å². The quantitative estimate of drug-likeness (QED) is 0.640. The van der Waals surface area contributed by atoms with E-state index < -0.39 is 6.29 Å². The first-order valence-electron chi connectivity index (χ1n) is 4.86. The summed E-state index contributed by atoms with van der Waals surface area (Å²) in [5, 5.41) is 3.72. The Kier molecular flexibility index (Phi) is 5.23. The van der Waals surface area contributed by atoms with Crippen molar-refractivity contribution < 1.29 is 18.7 Å². The first-order chi connectivity index (χ1) is 7.31. The third-order valence-electron chi connectivity index (χ3n) is 1.59. The zero-order chi connectivity index (χ0) is 11.1. The Morgan fingerprint density at radius 2 is 1.93 bits per heavy atom. The van der Waals surface area contributed by atoms with Gasteiger partial charge in [0.1, 0.15) is 6.61 Å². The van der Waals surface area contributed by atoms with Gasteiger partial charge in [0.2, 0.25) is 6.29 Å². The van der Waals surface area contributed by atoms with Crippen molar-refractivity contribution >= 4 is 0 Å². The van der Waals surface area contributed by atoms with Crippen molar-refractivity contribution in [1.82, 2.24) is 10.1 Å². The minimum atomic E-state index is -0.585. The summed E-state index contributed by atoms with van der Waals surface area (Å²) >= 11 is 0. The van der Waals surface area contributed by atoms with Crippen LogP contribution >= 0.6 is 0 Å². The van der Waals surface area contributed by atoms with Crippen LogP contribution in [0.1, 0.15) is 31.9 Å². The van der Waals surface area contributed by atoms with Crippen molar-refractivity contribution in [3.05, 3.63) is 11.7 Å². The standard InChI is InChI=1S/C9H16N2O4/c1-4-13-9(14-5-2)8-10-7(6-12-3)11-15-8/h9H,4-6H2,1-3H3. The third-order valence-corrected chi connectivity index (χ3v) is 1.59. The number of methoxy groups -OCH3 is 1. The molecule has 1 heterocycles. The van der Waals surface area contributed by atoms with E-state index in [0.29, 0.717) is 31.5 Å². The Hall–Kier alpha value is -0.980. The van der Waals surface area contributed by atoms with Gasteiger partial charge in [-0.25, -0.2) is 0 Å². The molecule has 0 radical (unpaired) electrons. The highest BCUT2D eigenvalue weighted by molar-refractivity contribution is 4.86. The Labute approximate surface area is 88.5 Å². The number of rotatable bonds is 7. The maximum Gasteiger partial charge on any atom is 0.283 e. The van der Waals surface area contributed by atoms with Crippen LogP contribution in [0.3, 0.4) is 0 Å². The summed E-state index contributed by atoms with van der Waals surface area (Å²) in [6.45, 7) is 5.10. The van der Waals surface area contributed by atoms with Crippen LogP contribution in [0.2, 0.25) is 0 Å². The monoisotopic (exact) mass is 216 g/mol. The summed E-state index contributed by atoms with van der Waals surface area (Å²) in [4.78, 5) is 4.08. The van der Waals surface area contributed by atoms with Crippen molar-refractivity contribution in [1.29, 1.82) is 0 Å². The maximum absolute atomic E-state index is 5.30. The van der Waals surface area contributed by atoms with Crippen LogP contribution in [0, 0.1) is 0 Å². The Balaban J connectivity index is 2.63. The lowest BCUT2D eigenvalue weighted by molar-refractivity contribution is -0.155. The zero-order valence-corrected chi connectivity index (χ0v) is 9.23. The summed E-state index contributed by atoms with van der Waals surface area (Å²) in [6, 6.07) is 0. The molecule has 0 saturated heterocycles. The zero-order valence-electron chi connectivity index (χ0n) is 9.23. The van der Waals surface area contributed by atoms with E-state index in [-0.39, 0.29) is 0 Å². The van der Waals surface area contributed by atoms with Gasteiger partial charge in [0.05, 0.1) is 0 Å². The summed E-state index contributed by atoms with van der Waals surface area (Å²) in [7, 11) is 1.57. The van der Waals surface area contributed by atoms with E-state index in [2.05, 4.69) is 10.1 Å². The third kappa shape index (κ3) is 3.58. The Bertz CT molecular complexity index is 271. The Morgan fingerprint density at radius 3 is 2.47 bits per heavy atom. The minimum Gasteiger partial charge on any atom is -0.377 e. The van der Waals surface area contributed by atoms with Crippen LogP contribution in [0.4, 0.5) is 0 Å². The molecule has 0 bridgehead atoms. The number of nitrogens with zero attached hydrogens (tertiary/aromatic N) is 2. The molecule has 0 fully saturated rings. The molecule has 0 aromatic carbocycles. The van der Waals surface area contributed by atoms with Gasteiger partial charge >= 0.3 is 0 Å². The number of hydrogen-bond acceptors (Lipinski definition) is 6. The maximum atomic E-state index is 5.30. The molecule has 1 aromatic heterocycles. The number of aromatic nitrogens is 2. The van der Waals surface area contributed by atoms with Crippen molar-refractivity contribution in [3.63, 3.8) is 0 Å². The lowest BCUT2D eigenvalue weighted by Gasteiger charge is -2.11. The van der Waals surface area contributed by atoms with Crippen molar-refractivity contribution in [3.8, 4) is 0 Å². The normalized spacial score (nSPS) is 11.2. The van der Waals surface area contributed by atoms with E-state index in [1.807, 2.05) is 13.8 Å². The molecule has 0 atom stereocenters. The van der Waals surface area contributed by atoms with Gasteiger partial charge in [-0.05, 0) is 13.8 Å². The molecule has 86 valence electrons. The Morgan fingerprint density at radius 1 is 1.27 bits per heavy atom. The second-order valence-corrected chi connectivity index (χ2v) is 2.72. The SMILES string of the molecule is CCOC(OCC)c1nc(COC)no1. The van der Waals surface area contributed by atoms with Gasteiger partial charge in [0.25, 0.3) is 5.89 Å². The van der Waals surface area contributed by atoms with E-state index in [1.165, 1.54) is 0 Å². The highest BCUT2D eigenvalue weighted by Gasteiger charge is 2.19. The predicted octanol–water partition coefficient (Wildman–Crippen LogP) is 1.29. The highest BCUT2D eigenvalue weighted by Crippen LogP contribution is 2.16. The smallest absolute Gasteiger partial charge is 0.283 e. The van der Waals surface area contributed by atoms with E-state index in [1.54, 1.807) is 7.11 Å². The van der Waals surface area contributed by atoms with Crippen LogP contribution < -0.4 is 0 Å². The minimum absolute atomic E-state index is 0.314. The molecule has 6 nitrogen and oxygen atoms in total. The van der Waals surface area contributed by atoms with E-state index >= 15 is 0 Å². The fraction of sp³-hybridized carbons (Fsp3) is 0.778. The molecule has 6 heteroatoms. The van der Waals surface area contributed by atoms with Crippen LogP contribution in [-0.2, 0) is 20.8 Å². The lowest BCUT2D eigenvalue weighted by atomic mass is 10.6. The van der Waals surface area contributed by atoms with Crippen molar-refractivity contribution in [2.24, 2.45) is 0 Å². The molecular weight excluding hydrogens is 200 g/mol. The largest absolute Gasteiger partial charge is 0.377 e. The van der Waals surface area contributed by atoms with E-state index in [0.717, 1.165) is 0 Å². The molecule has 0 saturated carbocycles. The summed E-state index contributed by atoms with van der Waals surface area (Å²) < 4.78 is 20.5. The molecule has 0 aliphatic carbocycles. The van der Waals surface area contributed by atoms with Gasteiger partial charge in [0.15, 0.2) is 5.82 Å². The fourth-order valence-electron chi connectivity index (χ4n) is 1.04. The fourth-order valence-corrected chi connectivity index (χ4v) is 1.04. The molecule has 1 rings (SSSR count). The molecular formula is C9H16N2O4. The first-order valence-corrected chi connectivity index (χ1v) is 4.86. The van der Waals surface area contributed by atoms with Gasteiger partial charge in [0, 0.05) is 20.3 Å². The molecule has 0 amide bonds. The van der Waals surface area contributed by atoms with Gasteiger partial charge in [-0.1, -0.05) is 5.16 Å².